The molecule has 17 heavy (non-hydrogen) atoms. The van der Waals surface area contributed by atoms with Crippen LogP contribution in [0.2, 0.25) is 0 Å². The largest absolute Gasteiger partial charge is 0.518 e. The van der Waals surface area contributed by atoms with Gasteiger partial charge in [0.25, 0.3) is 0 Å². The van der Waals surface area contributed by atoms with Crippen LogP contribution in [0, 0.1) is 5.82 Å². The SMILES string of the molecule is O=S(=O)(/N=C(\Cl)c1ccc(F)cc1)C(F)(F)F. The van der Waals surface area contributed by atoms with Gasteiger partial charge in [0.05, 0.1) is 0 Å². The molecule has 0 aliphatic carbocycles. The number of alkyl halides is 3. The number of halogens is 5. The minimum atomic E-state index is -5.69. The molecule has 0 heterocycles. The molecule has 0 radical (unpaired) electrons. The van der Waals surface area contributed by atoms with Gasteiger partial charge in [0, 0.05) is 5.56 Å². The third-order valence-corrected chi connectivity index (χ3v) is 2.99. The lowest BCUT2D eigenvalue weighted by Gasteiger charge is -2.03. The van der Waals surface area contributed by atoms with E-state index in [1.165, 1.54) is 0 Å². The van der Waals surface area contributed by atoms with Crippen molar-refractivity contribution in [3.05, 3.63) is 35.6 Å². The first-order chi connectivity index (χ1) is 7.63. The van der Waals surface area contributed by atoms with Crippen LogP contribution < -0.4 is 0 Å². The Morgan fingerprint density at radius 2 is 1.65 bits per heavy atom. The van der Waals surface area contributed by atoms with Crippen molar-refractivity contribution in [3.8, 4) is 0 Å². The fourth-order valence-electron chi connectivity index (χ4n) is 0.797. The predicted octanol–water partition coefficient (Wildman–Crippen LogP) is 2.66. The van der Waals surface area contributed by atoms with Crippen molar-refractivity contribution in [1.29, 1.82) is 0 Å². The third kappa shape index (κ3) is 3.40. The zero-order valence-corrected chi connectivity index (χ0v) is 9.44. The molecule has 0 saturated heterocycles. The van der Waals surface area contributed by atoms with Gasteiger partial charge >= 0.3 is 15.5 Å². The summed E-state index contributed by atoms with van der Waals surface area (Å²) in [6, 6.07) is 3.83. The van der Waals surface area contributed by atoms with Crippen LogP contribution >= 0.6 is 11.6 Å². The Balaban J connectivity index is 3.14. The number of benzene rings is 1. The highest BCUT2D eigenvalue weighted by Crippen LogP contribution is 2.25. The average molecular weight is 290 g/mol. The van der Waals surface area contributed by atoms with E-state index in [-0.39, 0.29) is 5.56 Å². The van der Waals surface area contributed by atoms with Crippen molar-refractivity contribution in [2.24, 2.45) is 4.40 Å². The van der Waals surface area contributed by atoms with Crippen LogP contribution in [0.25, 0.3) is 0 Å². The molecule has 0 spiro atoms. The third-order valence-electron chi connectivity index (χ3n) is 1.58. The molecule has 3 nitrogen and oxygen atoms in total. The summed E-state index contributed by atoms with van der Waals surface area (Å²) in [5, 5.41) is -0.887. The van der Waals surface area contributed by atoms with Gasteiger partial charge in [0.1, 0.15) is 11.0 Å². The summed E-state index contributed by atoms with van der Waals surface area (Å²) >= 11 is 5.30. The zero-order valence-electron chi connectivity index (χ0n) is 7.87. The molecule has 0 aromatic heterocycles. The molecule has 0 fully saturated rings. The van der Waals surface area contributed by atoms with Gasteiger partial charge in [-0.2, -0.15) is 21.6 Å². The maximum absolute atomic E-state index is 12.5. The van der Waals surface area contributed by atoms with Crippen LogP contribution in [0.4, 0.5) is 17.6 Å². The van der Waals surface area contributed by atoms with E-state index in [4.69, 9.17) is 11.6 Å². The molecule has 0 aliphatic heterocycles. The lowest BCUT2D eigenvalue weighted by atomic mass is 10.2. The van der Waals surface area contributed by atoms with E-state index in [9.17, 15) is 26.0 Å². The molecule has 1 aromatic carbocycles. The lowest BCUT2D eigenvalue weighted by molar-refractivity contribution is -0.0435. The van der Waals surface area contributed by atoms with Crippen molar-refractivity contribution in [3.63, 3.8) is 0 Å². The second kappa shape index (κ2) is 4.61. The number of sulfonamides is 1. The maximum atomic E-state index is 12.5. The van der Waals surface area contributed by atoms with Gasteiger partial charge in [-0.05, 0) is 24.3 Å². The first kappa shape index (κ1) is 13.9. The lowest BCUT2D eigenvalue weighted by Crippen LogP contribution is -2.21. The smallest absolute Gasteiger partial charge is 0.207 e. The van der Waals surface area contributed by atoms with Gasteiger partial charge in [-0.25, -0.2) is 4.39 Å². The second-order valence-electron chi connectivity index (χ2n) is 2.81. The van der Waals surface area contributed by atoms with Crippen molar-refractivity contribution in [1.82, 2.24) is 0 Å². The van der Waals surface area contributed by atoms with Gasteiger partial charge in [0.15, 0.2) is 0 Å². The molecular formula is C8H4ClF4NO2S. The van der Waals surface area contributed by atoms with E-state index in [1.54, 1.807) is 0 Å². The van der Waals surface area contributed by atoms with Crippen molar-refractivity contribution < 1.29 is 26.0 Å². The number of nitrogens with zero attached hydrogens (tertiary/aromatic N) is 1. The summed E-state index contributed by atoms with van der Waals surface area (Å²) in [6.45, 7) is 0. The highest BCUT2D eigenvalue weighted by Gasteiger charge is 2.46. The molecule has 0 saturated carbocycles. The topological polar surface area (TPSA) is 46.5 Å². The maximum Gasteiger partial charge on any atom is 0.518 e. The summed E-state index contributed by atoms with van der Waals surface area (Å²) in [5.74, 6) is -0.642. The second-order valence-corrected chi connectivity index (χ2v) is 4.76. The molecular weight excluding hydrogens is 286 g/mol. The van der Waals surface area contributed by atoms with E-state index in [2.05, 4.69) is 4.40 Å². The Morgan fingerprint density at radius 3 is 2.06 bits per heavy atom. The van der Waals surface area contributed by atoms with Crippen LogP contribution in [-0.4, -0.2) is 19.1 Å². The van der Waals surface area contributed by atoms with E-state index >= 15 is 0 Å². The van der Waals surface area contributed by atoms with Crippen molar-refractivity contribution >= 4 is 26.8 Å². The summed E-state index contributed by atoms with van der Waals surface area (Å²) in [6.07, 6.45) is 0. The Morgan fingerprint density at radius 1 is 1.18 bits per heavy atom. The average Bonchev–Trinajstić information content (AvgIpc) is 2.16. The van der Waals surface area contributed by atoms with E-state index in [1.807, 2.05) is 0 Å². The normalized spacial score (nSPS) is 13.8. The molecule has 0 aliphatic rings. The molecule has 1 aromatic rings. The Kier molecular flexibility index (Phi) is 3.78. The van der Waals surface area contributed by atoms with Gasteiger partial charge in [-0.1, -0.05) is 11.6 Å². The summed E-state index contributed by atoms with van der Waals surface area (Å²) in [4.78, 5) is 0. The standard InChI is InChI=1S/C8H4ClF4NO2S/c9-7(5-1-3-6(10)4-2-5)14-17(15,16)8(11,12)13/h1-4H/b14-7-. The zero-order chi connectivity index (χ0) is 13.3. The number of hydrogen-bond acceptors (Lipinski definition) is 2. The fourth-order valence-corrected chi connectivity index (χ4v) is 1.62. The fraction of sp³-hybridized carbons (Fsp3) is 0.125. The molecule has 0 unspecified atom stereocenters. The first-order valence-electron chi connectivity index (χ1n) is 3.96. The minimum Gasteiger partial charge on any atom is -0.207 e. The van der Waals surface area contributed by atoms with Crippen molar-refractivity contribution in [2.75, 3.05) is 0 Å². The highest BCUT2D eigenvalue weighted by molar-refractivity contribution is 7.91. The van der Waals surface area contributed by atoms with Crippen LogP contribution in [-0.2, 0) is 10.0 Å². The van der Waals surface area contributed by atoms with Gasteiger partial charge in [-0.15, -0.1) is 4.40 Å². The molecule has 0 atom stereocenters. The molecule has 94 valence electrons. The summed E-state index contributed by atoms with van der Waals surface area (Å²) < 4.78 is 72.0. The quantitative estimate of drug-likeness (QED) is 0.621. The molecule has 0 amide bonds. The molecule has 9 heteroatoms. The summed E-state index contributed by atoms with van der Waals surface area (Å²) in [5.41, 5.74) is -5.66. The van der Waals surface area contributed by atoms with E-state index in [0.29, 0.717) is 0 Å². The van der Waals surface area contributed by atoms with Crippen LogP contribution in [0.5, 0.6) is 0 Å². The van der Waals surface area contributed by atoms with Gasteiger partial charge in [0.2, 0.25) is 0 Å². The van der Waals surface area contributed by atoms with Crippen LogP contribution in [0.1, 0.15) is 5.56 Å². The monoisotopic (exact) mass is 289 g/mol. The van der Waals surface area contributed by atoms with Gasteiger partial charge < -0.3 is 0 Å². The van der Waals surface area contributed by atoms with E-state index < -0.39 is 26.5 Å². The molecule has 0 bridgehead atoms. The van der Waals surface area contributed by atoms with Crippen LogP contribution in [0.3, 0.4) is 0 Å². The van der Waals surface area contributed by atoms with Crippen LogP contribution in [0.15, 0.2) is 28.7 Å². The van der Waals surface area contributed by atoms with Crippen molar-refractivity contribution in [2.45, 2.75) is 5.51 Å². The minimum absolute atomic E-state index is 0.138. The van der Waals surface area contributed by atoms with E-state index in [0.717, 1.165) is 24.3 Å². The van der Waals surface area contributed by atoms with Gasteiger partial charge in [-0.3, -0.25) is 0 Å². The Labute approximate surface area is 98.8 Å². The molecule has 1 rings (SSSR count). The summed E-state index contributed by atoms with van der Waals surface area (Å²) in [7, 11) is -5.69. The Bertz CT molecular complexity index is 536. The first-order valence-corrected chi connectivity index (χ1v) is 5.78. The predicted molar refractivity (Wildman–Crippen MR) is 53.8 cm³/mol. The highest BCUT2D eigenvalue weighted by atomic mass is 35.5. The Hall–Kier alpha value is -1.15. The number of rotatable bonds is 2. The molecule has 0 N–H and O–H groups in total. The number of hydrogen-bond donors (Lipinski definition) is 0.